The Balaban J connectivity index is 1.11. The molecule has 1 nitrogen and oxygen atoms in total. The Labute approximate surface area is 417 Å². The fourth-order valence-corrected chi connectivity index (χ4v) is 12.4. The largest absolute Gasteiger partial charge is 0.309 e. The third-order valence-electron chi connectivity index (χ3n) is 15.4. The summed E-state index contributed by atoms with van der Waals surface area (Å²) in [7, 11) is 0. The summed E-state index contributed by atoms with van der Waals surface area (Å²) in [6, 6.07) is 101. The molecule has 0 aliphatic heterocycles. The highest BCUT2D eigenvalue weighted by atomic mass is 15.1. The summed E-state index contributed by atoms with van der Waals surface area (Å²) in [5, 5.41) is 0. The Hall–Kier alpha value is -8.78. The third-order valence-corrected chi connectivity index (χ3v) is 15.4. The van der Waals surface area contributed by atoms with E-state index in [0.717, 1.165) is 17.1 Å². The highest BCUT2D eigenvalue weighted by Gasteiger charge is 2.47. The molecule has 0 fully saturated rings. The van der Waals surface area contributed by atoms with Crippen molar-refractivity contribution in [2.75, 3.05) is 4.90 Å². The predicted molar refractivity (Wildman–Crippen MR) is 298 cm³/mol. The predicted octanol–water partition coefficient (Wildman–Crippen LogP) is 18.5. The van der Waals surface area contributed by atoms with Gasteiger partial charge in [0.15, 0.2) is 0 Å². The summed E-state index contributed by atoms with van der Waals surface area (Å²) in [5.41, 5.74) is 25.0. The number of hydrogen-bond donors (Lipinski definition) is 0. The molecule has 0 heterocycles. The first-order chi connectivity index (χ1) is 35.0. The summed E-state index contributed by atoms with van der Waals surface area (Å²) in [6.07, 6.45) is 0. The fraction of sp³-hybridized carbons (Fsp3) is 0.0571. The Kier molecular flexibility index (Phi) is 10.1. The quantitative estimate of drug-likeness (QED) is 0.139. The van der Waals surface area contributed by atoms with Crippen molar-refractivity contribution in [3.63, 3.8) is 0 Å². The van der Waals surface area contributed by atoms with Gasteiger partial charge in [0, 0.05) is 22.2 Å². The second-order valence-corrected chi connectivity index (χ2v) is 19.5. The van der Waals surface area contributed by atoms with Crippen molar-refractivity contribution in [2.45, 2.75) is 24.7 Å². The topological polar surface area (TPSA) is 3.24 Å². The number of nitrogens with zero attached hydrogens (tertiary/aromatic N) is 1. The van der Waals surface area contributed by atoms with Crippen LogP contribution >= 0.6 is 0 Å². The molecule has 11 aromatic carbocycles. The molecule has 2 aliphatic rings. The van der Waals surface area contributed by atoms with Gasteiger partial charge in [-0.3, -0.25) is 0 Å². The maximum atomic E-state index is 2.56. The Bertz CT molecular complexity index is 3720. The first-order valence-electron chi connectivity index (χ1n) is 24.8. The molecule has 0 spiro atoms. The Morgan fingerprint density at radius 1 is 0.268 bits per heavy atom. The number of rotatable bonds is 9. The molecule has 11 aromatic rings. The average Bonchev–Trinajstić information content (AvgIpc) is 3.89. The Morgan fingerprint density at radius 3 is 1.34 bits per heavy atom. The maximum absolute atomic E-state index is 2.56. The second-order valence-electron chi connectivity index (χ2n) is 19.5. The van der Waals surface area contributed by atoms with Crippen molar-refractivity contribution in [1.82, 2.24) is 0 Å². The summed E-state index contributed by atoms with van der Waals surface area (Å²) in [6.45, 7) is 4.76. The van der Waals surface area contributed by atoms with Crippen LogP contribution in [0.5, 0.6) is 0 Å². The number of hydrogen-bond acceptors (Lipinski definition) is 1. The van der Waals surface area contributed by atoms with Gasteiger partial charge in [-0.05, 0) is 113 Å². The van der Waals surface area contributed by atoms with Gasteiger partial charge < -0.3 is 4.90 Å². The molecule has 0 radical (unpaired) electrons. The zero-order valence-corrected chi connectivity index (χ0v) is 39.9. The molecular formula is C70H51N. The van der Waals surface area contributed by atoms with Crippen LogP contribution in [0.2, 0.25) is 0 Å². The molecule has 0 amide bonds. The molecule has 0 saturated carbocycles. The van der Waals surface area contributed by atoms with Crippen LogP contribution in [0.3, 0.4) is 0 Å². The molecule has 0 atom stereocenters. The van der Waals surface area contributed by atoms with Crippen LogP contribution in [0, 0.1) is 0 Å². The van der Waals surface area contributed by atoms with Crippen LogP contribution in [-0.4, -0.2) is 0 Å². The smallest absolute Gasteiger partial charge is 0.0714 e. The molecule has 1 heteroatoms. The van der Waals surface area contributed by atoms with E-state index >= 15 is 0 Å². The van der Waals surface area contributed by atoms with Gasteiger partial charge in [0.25, 0.3) is 0 Å². The van der Waals surface area contributed by atoms with Crippen LogP contribution < -0.4 is 4.90 Å². The fourth-order valence-electron chi connectivity index (χ4n) is 12.4. The van der Waals surface area contributed by atoms with Crippen molar-refractivity contribution in [1.29, 1.82) is 0 Å². The lowest BCUT2D eigenvalue weighted by atomic mass is 9.68. The van der Waals surface area contributed by atoms with E-state index in [2.05, 4.69) is 292 Å². The van der Waals surface area contributed by atoms with Gasteiger partial charge >= 0.3 is 0 Å². The molecule has 0 bridgehead atoms. The highest BCUT2D eigenvalue weighted by molar-refractivity contribution is 6.04. The van der Waals surface area contributed by atoms with Gasteiger partial charge in [-0.2, -0.15) is 0 Å². The SMILES string of the molecule is CC1(C)c2ccccc2-c2cccc(-c3ccc(N(c4cccc(-c5ccccc5)c4-c4ccccc4-c4ccccc4)c4cccc5c4-c4ccccc4C5(c4ccccc4)c4ccccc4)cc3)c21. The third kappa shape index (κ3) is 6.61. The van der Waals surface area contributed by atoms with Crippen molar-refractivity contribution < 1.29 is 0 Å². The molecular weight excluding hydrogens is 855 g/mol. The van der Waals surface area contributed by atoms with E-state index in [1.54, 1.807) is 0 Å². The molecule has 71 heavy (non-hydrogen) atoms. The van der Waals surface area contributed by atoms with Gasteiger partial charge in [0.05, 0.1) is 16.8 Å². The summed E-state index contributed by atoms with van der Waals surface area (Å²) < 4.78 is 0. The number of benzene rings is 11. The zero-order chi connectivity index (χ0) is 47.5. The lowest BCUT2D eigenvalue weighted by Crippen LogP contribution is -2.28. The molecule has 2 aliphatic carbocycles. The maximum Gasteiger partial charge on any atom is 0.0714 e. The number of anilines is 3. The standard InChI is InChI=1S/C70H51N/c1-69(2)61-39-19-17-33-57(61)59-38-21-37-56(68(59)69)50-44-46-53(47-45-50)71(64-42-22-36-55(49-26-9-4-10-27-49)66(64)58-34-16-15-32-54(58)48-24-7-3-8-25-48)65-43-23-41-63-67(65)60-35-18-20-40-62(60)70(63,51-28-11-5-12-29-51)52-30-13-6-14-31-52/h3-47H,1-2H3. The minimum Gasteiger partial charge on any atom is -0.309 e. The van der Waals surface area contributed by atoms with Gasteiger partial charge in [-0.15, -0.1) is 0 Å². The van der Waals surface area contributed by atoms with E-state index in [0.29, 0.717) is 0 Å². The molecule has 336 valence electrons. The molecule has 0 N–H and O–H groups in total. The monoisotopic (exact) mass is 905 g/mol. The molecule has 13 rings (SSSR count). The van der Waals surface area contributed by atoms with E-state index in [1.807, 2.05) is 0 Å². The lowest BCUT2D eigenvalue weighted by Gasteiger charge is -2.35. The van der Waals surface area contributed by atoms with Crippen LogP contribution in [-0.2, 0) is 10.8 Å². The van der Waals surface area contributed by atoms with Crippen molar-refractivity contribution in [2.24, 2.45) is 0 Å². The summed E-state index contributed by atoms with van der Waals surface area (Å²) >= 11 is 0. The van der Waals surface area contributed by atoms with E-state index < -0.39 is 5.41 Å². The molecule has 0 unspecified atom stereocenters. The minimum absolute atomic E-state index is 0.145. The average molecular weight is 906 g/mol. The van der Waals surface area contributed by atoms with E-state index in [4.69, 9.17) is 0 Å². The summed E-state index contributed by atoms with van der Waals surface area (Å²) in [5.74, 6) is 0. The summed E-state index contributed by atoms with van der Waals surface area (Å²) in [4.78, 5) is 2.56. The van der Waals surface area contributed by atoms with E-state index in [-0.39, 0.29) is 5.41 Å². The van der Waals surface area contributed by atoms with Crippen LogP contribution in [0.4, 0.5) is 17.1 Å². The van der Waals surface area contributed by atoms with E-state index in [1.165, 1.54) is 100 Å². The number of fused-ring (bicyclic) bond motifs is 6. The van der Waals surface area contributed by atoms with Gasteiger partial charge in [0.1, 0.15) is 0 Å². The molecule has 0 saturated heterocycles. The Morgan fingerprint density at radius 2 is 0.690 bits per heavy atom. The van der Waals surface area contributed by atoms with E-state index in [9.17, 15) is 0 Å². The van der Waals surface area contributed by atoms with Gasteiger partial charge in [0.2, 0.25) is 0 Å². The minimum atomic E-state index is -0.563. The zero-order valence-electron chi connectivity index (χ0n) is 39.9. The lowest BCUT2D eigenvalue weighted by molar-refractivity contribution is 0.662. The first kappa shape index (κ1) is 42.3. The van der Waals surface area contributed by atoms with Crippen molar-refractivity contribution in [3.8, 4) is 66.8 Å². The molecule has 0 aromatic heterocycles. The van der Waals surface area contributed by atoms with Gasteiger partial charge in [-0.1, -0.05) is 263 Å². The van der Waals surface area contributed by atoms with Crippen LogP contribution in [0.1, 0.15) is 47.2 Å². The van der Waals surface area contributed by atoms with Crippen molar-refractivity contribution >= 4 is 17.1 Å². The normalized spacial score (nSPS) is 13.4. The van der Waals surface area contributed by atoms with Gasteiger partial charge in [-0.25, -0.2) is 0 Å². The first-order valence-corrected chi connectivity index (χ1v) is 24.8. The van der Waals surface area contributed by atoms with Crippen molar-refractivity contribution in [3.05, 3.63) is 306 Å². The second kappa shape index (κ2) is 17.0. The van der Waals surface area contributed by atoms with Crippen LogP contribution in [0.15, 0.2) is 273 Å². The van der Waals surface area contributed by atoms with Crippen LogP contribution in [0.25, 0.3) is 66.8 Å². The highest BCUT2D eigenvalue weighted by Crippen LogP contribution is 2.61.